The Labute approximate surface area is 121 Å². The van der Waals surface area contributed by atoms with Gasteiger partial charge in [-0.15, -0.1) is 0 Å². The van der Waals surface area contributed by atoms with Crippen LogP contribution in [0.1, 0.15) is 29.7 Å². The van der Waals surface area contributed by atoms with Gasteiger partial charge in [0.05, 0.1) is 0 Å². The molecule has 20 heavy (non-hydrogen) atoms. The average Bonchev–Trinajstić information content (AvgIpc) is 2.46. The fourth-order valence-corrected chi connectivity index (χ4v) is 2.24. The first-order valence-corrected chi connectivity index (χ1v) is 7.01. The van der Waals surface area contributed by atoms with Gasteiger partial charge in [-0.2, -0.15) is 0 Å². The van der Waals surface area contributed by atoms with Crippen LogP contribution in [0.3, 0.4) is 0 Å². The summed E-state index contributed by atoms with van der Waals surface area (Å²) in [6.07, 6.45) is 3.73. The number of hydrogen-bond donors (Lipinski definition) is 1. The van der Waals surface area contributed by atoms with Crippen molar-refractivity contribution in [1.29, 1.82) is 0 Å². The minimum atomic E-state index is 0.302. The molecule has 3 heteroatoms. The van der Waals surface area contributed by atoms with Gasteiger partial charge < -0.3 is 10.2 Å². The highest BCUT2D eigenvalue weighted by atomic mass is 15.0. The monoisotopic (exact) mass is 269 g/mol. The number of hydrogen-bond acceptors (Lipinski definition) is 3. The van der Waals surface area contributed by atoms with Gasteiger partial charge in [-0.3, -0.25) is 4.98 Å². The van der Waals surface area contributed by atoms with Crippen molar-refractivity contribution in [3.63, 3.8) is 0 Å². The van der Waals surface area contributed by atoms with E-state index in [9.17, 15) is 0 Å². The number of pyridine rings is 1. The highest BCUT2D eigenvalue weighted by Crippen LogP contribution is 2.14. The summed E-state index contributed by atoms with van der Waals surface area (Å²) in [5, 5.41) is 3.57. The summed E-state index contributed by atoms with van der Waals surface area (Å²) in [5.41, 5.74) is 3.96. The predicted octanol–water partition coefficient (Wildman–Crippen LogP) is 2.99. The lowest BCUT2D eigenvalue weighted by atomic mass is 10.1. The van der Waals surface area contributed by atoms with E-state index in [-0.39, 0.29) is 0 Å². The third-order valence-electron chi connectivity index (χ3n) is 3.39. The van der Waals surface area contributed by atoms with E-state index in [1.165, 1.54) is 16.7 Å². The van der Waals surface area contributed by atoms with E-state index in [0.29, 0.717) is 6.04 Å². The van der Waals surface area contributed by atoms with Gasteiger partial charge in [0.15, 0.2) is 0 Å². The zero-order valence-electron chi connectivity index (χ0n) is 12.5. The van der Waals surface area contributed by atoms with Crippen LogP contribution in [-0.4, -0.2) is 24.0 Å². The van der Waals surface area contributed by atoms with Crippen molar-refractivity contribution < 1.29 is 0 Å². The molecule has 1 N–H and O–H groups in total. The van der Waals surface area contributed by atoms with Crippen LogP contribution < -0.4 is 5.32 Å². The fourth-order valence-electron chi connectivity index (χ4n) is 2.24. The van der Waals surface area contributed by atoms with Crippen LogP contribution in [0.15, 0.2) is 48.8 Å². The molecule has 0 aliphatic rings. The molecule has 1 unspecified atom stereocenters. The van der Waals surface area contributed by atoms with Gasteiger partial charge in [-0.25, -0.2) is 0 Å². The first kappa shape index (κ1) is 14.7. The lowest BCUT2D eigenvalue weighted by Crippen LogP contribution is -2.20. The van der Waals surface area contributed by atoms with Gasteiger partial charge in [-0.1, -0.05) is 30.3 Å². The van der Waals surface area contributed by atoms with Crippen molar-refractivity contribution in [2.45, 2.75) is 26.1 Å². The second kappa shape index (κ2) is 7.17. The predicted molar refractivity (Wildman–Crippen MR) is 83.3 cm³/mol. The van der Waals surface area contributed by atoms with Gasteiger partial charge in [0.25, 0.3) is 0 Å². The standard InChI is InChI=1S/C17H23N3/c1-14(15-9-6-10-18-11-15)19-12-16-7-4-5-8-17(16)13-20(2)3/h4-11,14,19H,12-13H2,1-3H3. The normalized spacial score (nSPS) is 12.6. The molecule has 0 bridgehead atoms. The Morgan fingerprint density at radius 3 is 2.50 bits per heavy atom. The SMILES string of the molecule is CC(NCc1ccccc1CN(C)C)c1cccnc1. The van der Waals surface area contributed by atoms with Gasteiger partial charge in [0, 0.05) is 31.5 Å². The molecular weight excluding hydrogens is 246 g/mol. The second-order valence-corrected chi connectivity index (χ2v) is 5.40. The second-order valence-electron chi connectivity index (χ2n) is 5.40. The summed E-state index contributed by atoms with van der Waals surface area (Å²) in [6.45, 7) is 4.02. The molecule has 3 nitrogen and oxygen atoms in total. The molecule has 1 heterocycles. The maximum Gasteiger partial charge on any atom is 0.0315 e. The van der Waals surface area contributed by atoms with Crippen LogP contribution in [0.2, 0.25) is 0 Å². The van der Waals surface area contributed by atoms with Crippen LogP contribution in [0, 0.1) is 0 Å². The Morgan fingerprint density at radius 2 is 1.85 bits per heavy atom. The zero-order chi connectivity index (χ0) is 14.4. The van der Waals surface area contributed by atoms with Crippen LogP contribution in [-0.2, 0) is 13.1 Å². The summed E-state index contributed by atoms with van der Waals surface area (Å²) >= 11 is 0. The van der Waals surface area contributed by atoms with Crippen molar-refractivity contribution in [2.24, 2.45) is 0 Å². The molecule has 0 amide bonds. The van der Waals surface area contributed by atoms with Crippen molar-refractivity contribution in [1.82, 2.24) is 15.2 Å². The van der Waals surface area contributed by atoms with Crippen LogP contribution in [0.5, 0.6) is 0 Å². The molecule has 0 saturated carbocycles. The third-order valence-corrected chi connectivity index (χ3v) is 3.39. The van der Waals surface area contributed by atoms with Crippen molar-refractivity contribution in [3.8, 4) is 0 Å². The first-order valence-electron chi connectivity index (χ1n) is 7.01. The Bertz CT molecular complexity index is 523. The van der Waals surface area contributed by atoms with Crippen molar-refractivity contribution >= 4 is 0 Å². The quantitative estimate of drug-likeness (QED) is 0.874. The van der Waals surface area contributed by atoms with E-state index in [0.717, 1.165) is 13.1 Å². The molecule has 2 aromatic rings. The highest BCUT2D eigenvalue weighted by molar-refractivity contribution is 5.27. The van der Waals surface area contributed by atoms with Crippen LogP contribution in [0.4, 0.5) is 0 Å². The molecule has 1 aromatic heterocycles. The maximum atomic E-state index is 4.17. The van der Waals surface area contributed by atoms with Gasteiger partial charge in [-0.05, 0) is 43.8 Å². The molecule has 106 valence electrons. The molecule has 0 saturated heterocycles. The first-order chi connectivity index (χ1) is 9.66. The highest BCUT2D eigenvalue weighted by Gasteiger charge is 2.07. The molecule has 0 aliphatic carbocycles. The lowest BCUT2D eigenvalue weighted by molar-refractivity contribution is 0.400. The Morgan fingerprint density at radius 1 is 1.10 bits per heavy atom. The topological polar surface area (TPSA) is 28.2 Å². The molecular formula is C17H23N3. The molecule has 0 fully saturated rings. The van der Waals surface area contributed by atoms with E-state index in [1.807, 2.05) is 18.5 Å². The smallest absolute Gasteiger partial charge is 0.0315 e. The number of nitrogens with one attached hydrogen (secondary N) is 1. The summed E-state index contributed by atoms with van der Waals surface area (Å²) in [4.78, 5) is 6.37. The maximum absolute atomic E-state index is 4.17. The molecule has 2 rings (SSSR count). The molecule has 0 aliphatic heterocycles. The molecule has 1 aromatic carbocycles. The number of nitrogens with zero attached hydrogens (tertiary/aromatic N) is 2. The van der Waals surface area contributed by atoms with E-state index in [2.05, 4.69) is 66.6 Å². The van der Waals surface area contributed by atoms with Gasteiger partial charge >= 0.3 is 0 Å². The summed E-state index contributed by atoms with van der Waals surface area (Å²) < 4.78 is 0. The Balaban J connectivity index is 2.00. The van der Waals surface area contributed by atoms with Crippen molar-refractivity contribution in [3.05, 3.63) is 65.5 Å². The lowest BCUT2D eigenvalue weighted by Gasteiger charge is -2.17. The van der Waals surface area contributed by atoms with E-state index < -0.39 is 0 Å². The zero-order valence-corrected chi connectivity index (χ0v) is 12.5. The molecule has 0 radical (unpaired) electrons. The molecule has 0 spiro atoms. The largest absolute Gasteiger partial charge is 0.306 e. The summed E-state index contributed by atoms with van der Waals surface area (Å²) in [5.74, 6) is 0. The summed E-state index contributed by atoms with van der Waals surface area (Å²) in [7, 11) is 4.20. The minimum Gasteiger partial charge on any atom is -0.306 e. The number of benzene rings is 1. The minimum absolute atomic E-state index is 0.302. The van der Waals surface area contributed by atoms with E-state index in [4.69, 9.17) is 0 Å². The summed E-state index contributed by atoms with van der Waals surface area (Å²) in [6, 6.07) is 13.0. The fraction of sp³-hybridized carbons (Fsp3) is 0.353. The van der Waals surface area contributed by atoms with E-state index in [1.54, 1.807) is 0 Å². The molecule has 1 atom stereocenters. The Kier molecular flexibility index (Phi) is 5.27. The van der Waals surface area contributed by atoms with Crippen LogP contribution >= 0.6 is 0 Å². The number of rotatable bonds is 6. The van der Waals surface area contributed by atoms with Gasteiger partial charge in [0.1, 0.15) is 0 Å². The number of aromatic nitrogens is 1. The average molecular weight is 269 g/mol. The van der Waals surface area contributed by atoms with Gasteiger partial charge in [0.2, 0.25) is 0 Å². The van der Waals surface area contributed by atoms with Crippen LogP contribution in [0.25, 0.3) is 0 Å². The third kappa shape index (κ3) is 4.15. The Hall–Kier alpha value is -1.71. The van der Waals surface area contributed by atoms with Crippen molar-refractivity contribution in [2.75, 3.05) is 14.1 Å². The van der Waals surface area contributed by atoms with E-state index >= 15 is 0 Å².